The Hall–Kier alpha value is -3.40. The number of rotatable bonds is 3. The molecule has 0 aliphatic rings. The van der Waals surface area contributed by atoms with E-state index in [4.69, 9.17) is 10.4 Å². The molecule has 0 saturated heterocycles. The van der Waals surface area contributed by atoms with Crippen LogP contribution in [-0.4, -0.2) is 22.1 Å². The van der Waals surface area contributed by atoms with Crippen molar-refractivity contribution in [1.82, 2.24) is 4.98 Å². The fraction of sp³-hybridized carbons (Fsp3) is 0. The van der Waals surface area contributed by atoms with Gasteiger partial charge in [0, 0.05) is 11.9 Å². The number of nitriles is 1. The van der Waals surface area contributed by atoms with E-state index in [0.717, 1.165) is 0 Å². The number of anilines is 2. The number of hydrogen-bond acceptors (Lipinski definition) is 4. The number of urea groups is 1. The molecule has 2 aromatic rings. The van der Waals surface area contributed by atoms with Crippen LogP contribution in [-0.2, 0) is 0 Å². The van der Waals surface area contributed by atoms with Crippen molar-refractivity contribution >= 4 is 23.4 Å². The third kappa shape index (κ3) is 3.78. The summed E-state index contributed by atoms with van der Waals surface area (Å²) >= 11 is 0. The van der Waals surface area contributed by atoms with E-state index >= 15 is 0 Å². The SMILES string of the molecule is N#Cc1cccc(NC(=O)Nc2cncc(C(=O)O)c2)c1. The lowest BCUT2D eigenvalue weighted by Gasteiger charge is -2.08. The molecular weight excluding hydrogens is 272 g/mol. The van der Waals surface area contributed by atoms with E-state index < -0.39 is 12.0 Å². The van der Waals surface area contributed by atoms with Gasteiger partial charge < -0.3 is 15.7 Å². The largest absolute Gasteiger partial charge is 0.478 e. The fourth-order valence-corrected chi connectivity index (χ4v) is 1.59. The summed E-state index contributed by atoms with van der Waals surface area (Å²) in [5, 5.41) is 22.6. The highest BCUT2D eigenvalue weighted by Gasteiger charge is 2.07. The van der Waals surface area contributed by atoms with E-state index in [0.29, 0.717) is 11.3 Å². The van der Waals surface area contributed by atoms with E-state index in [1.807, 2.05) is 6.07 Å². The van der Waals surface area contributed by atoms with Crippen LogP contribution in [0.4, 0.5) is 16.2 Å². The molecule has 2 rings (SSSR count). The van der Waals surface area contributed by atoms with Gasteiger partial charge in [-0.05, 0) is 24.3 Å². The van der Waals surface area contributed by atoms with Crippen LogP contribution in [0.3, 0.4) is 0 Å². The summed E-state index contributed by atoms with van der Waals surface area (Å²) in [4.78, 5) is 26.3. The van der Waals surface area contributed by atoms with Gasteiger partial charge in [-0.15, -0.1) is 0 Å². The second-order valence-corrected chi connectivity index (χ2v) is 4.04. The Kier molecular flexibility index (Phi) is 4.11. The molecule has 7 nitrogen and oxygen atoms in total. The molecule has 0 bridgehead atoms. The van der Waals surface area contributed by atoms with Crippen molar-refractivity contribution in [2.75, 3.05) is 10.6 Å². The van der Waals surface area contributed by atoms with E-state index in [1.54, 1.807) is 18.2 Å². The first-order chi connectivity index (χ1) is 10.1. The second-order valence-electron chi connectivity index (χ2n) is 4.04. The number of carboxylic acids is 1. The first-order valence-corrected chi connectivity index (χ1v) is 5.85. The minimum Gasteiger partial charge on any atom is -0.478 e. The van der Waals surface area contributed by atoms with Crippen molar-refractivity contribution in [3.05, 3.63) is 53.9 Å². The monoisotopic (exact) mass is 282 g/mol. The third-order valence-corrected chi connectivity index (χ3v) is 2.49. The predicted molar refractivity (Wildman–Crippen MR) is 75.0 cm³/mol. The number of amides is 2. The lowest BCUT2D eigenvalue weighted by molar-refractivity contribution is 0.0696. The number of carbonyl (C=O) groups is 2. The van der Waals surface area contributed by atoms with E-state index in [-0.39, 0.29) is 11.3 Å². The van der Waals surface area contributed by atoms with Gasteiger partial charge in [0.25, 0.3) is 0 Å². The Balaban J connectivity index is 2.06. The average Bonchev–Trinajstić information content (AvgIpc) is 2.47. The normalized spacial score (nSPS) is 9.48. The molecule has 104 valence electrons. The highest BCUT2D eigenvalue weighted by molar-refractivity contribution is 6.00. The molecule has 0 radical (unpaired) electrons. The minimum absolute atomic E-state index is 0.0284. The third-order valence-electron chi connectivity index (χ3n) is 2.49. The Morgan fingerprint density at radius 3 is 2.62 bits per heavy atom. The standard InChI is InChI=1S/C14H10N4O3/c15-6-9-2-1-3-11(4-9)17-14(21)18-12-5-10(13(19)20)7-16-8-12/h1-5,7-8H,(H,19,20)(H2,17,18,21). The van der Waals surface area contributed by atoms with Gasteiger partial charge in [-0.2, -0.15) is 5.26 Å². The van der Waals surface area contributed by atoms with Crippen LogP contribution in [0, 0.1) is 11.3 Å². The van der Waals surface area contributed by atoms with Crippen LogP contribution in [0.5, 0.6) is 0 Å². The van der Waals surface area contributed by atoms with Crippen LogP contribution in [0.25, 0.3) is 0 Å². The predicted octanol–water partition coefficient (Wildman–Crippen LogP) is 2.30. The Bertz CT molecular complexity index is 737. The topological polar surface area (TPSA) is 115 Å². The lowest BCUT2D eigenvalue weighted by atomic mass is 10.2. The summed E-state index contributed by atoms with van der Waals surface area (Å²) < 4.78 is 0. The van der Waals surface area contributed by atoms with Crippen LogP contribution in [0.1, 0.15) is 15.9 Å². The molecule has 0 fully saturated rings. The van der Waals surface area contributed by atoms with Gasteiger partial charge >= 0.3 is 12.0 Å². The van der Waals surface area contributed by atoms with Gasteiger partial charge in [0.05, 0.1) is 29.1 Å². The molecule has 1 aromatic heterocycles. The molecule has 3 N–H and O–H groups in total. The van der Waals surface area contributed by atoms with E-state index in [9.17, 15) is 9.59 Å². The summed E-state index contributed by atoms with van der Waals surface area (Å²) in [6.07, 6.45) is 2.51. The molecule has 0 saturated carbocycles. The van der Waals surface area contributed by atoms with Gasteiger partial charge in [0.2, 0.25) is 0 Å². The molecular formula is C14H10N4O3. The van der Waals surface area contributed by atoms with Gasteiger partial charge in [0.15, 0.2) is 0 Å². The first kappa shape index (κ1) is 14.0. The Morgan fingerprint density at radius 2 is 1.90 bits per heavy atom. The smallest absolute Gasteiger partial charge is 0.337 e. The van der Waals surface area contributed by atoms with Crippen LogP contribution in [0.2, 0.25) is 0 Å². The van der Waals surface area contributed by atoms with Gasteiger partial charge in [-0.3, -0.25) is 4.98 Å². The van der Waals surface area contributed by atoms with Crippen LogP contribution < -0.4 is 10.6 Å². The number of carboxylic acid groups (broad SMARTS) is 1. The van der Waals surface area contributed by atoms with Crippen molar-refractivity contribution in [3.8, 4) is 6.07 Å². The molecule has 0 unspecified atom stereocenters. The Morgan fingerprint density at radius 1 is 1.14 bits per heavy atom. The van der Waals surface area contributed by atoms with Crippen LogP contribution >= 0.6 is 0 Å². The maximum absolute atomic E-state index is 11.8. The fourth-order valence-electron chi connectivity index (χ4n) is 1.59. The quantitative estimate of drug-likeness (QED) is 0.798. The summed E-state index contributed by atoms with van der Waals surface area (Å²) in [6.45, 7) is 0. The number of aromatic nitrogens is 1. The summed E-state index contributed by atoms with van der Waals surface area (Å²) in [5.74, 6) is -1.13. The maximum Gasteiger partial charge on any atom is 0.337 e. The van der Waals surface area contributed by atoms with Crippen molar-refractivity contribution in [2.24, 2.45) is 0 Å². The molecule has 2 amide bonds. The Labute approximate surface area is 119 Å². The number of pyridine rings is 1. The number of carbonyl (C=O) groups excluding carboxylic acids is 1. The molecule has 0 spiro atoms. The number of hydrogen-bond donors (Lipinski definition) is 3. The summed E-state index contributed by atoms with van der Waals surface area (Å²) in [7, 11) is 0. The molecule has 0 atom stereocenters. The molecule has 0 aliphatic carbocycles. The minimum atomic E-state index is -1.13. The highest BCUT2D eigenvalue weighted by Crippen LogP contribution is 2.12. The maximum atomic E-state index is 11.8. The van der Waals surface area contributed by atoms with Gasteiger partial charge in [0.1, 0.15) is 0 Å². The molecule has 1 heterocycles. The molecule has 0 aliphatic heterocycles. The van der Waals surface area contributed by atoms with E-state index in [1.165, 1.54) is 24.5 Å². The zero-order valence-corrected chi connectivity index (χ0v) is 10.7. The van der Waals surface area contributed by atoms with Crippen molar-refractivity contribution < 1.29 is 14.7 Å². The van der Waals surface area contributed by atoms with Gasteiger partial charge in [-0.1, -0.05) is 6.07 Å². The number of aromatic carboxylic acids is 1. The zero-order valence-electron chi connectivity index (χ0n) is 10.7. The van der Waals surface area contributed by atoms with E-state index in [2.05, 4.69) is 15.6 Å². The molecule has 21 heavy (non-hydrogen) atoms. The summed E-state index contributed by atoms with van der Waals surface area (Å²) in [5.41, 5.74) is 1.10. The summed E-state index contributed by atoms with van der Waals surface area (Å²) in [6, 6.07) is 9.10. The van der Waals surface area contributed by atoms with Crippen LogP contribution in [0.15, 0.2) is 42.7 Å². The lowest BCUT2D eigenvalue weighted by Crippen LogP contribution is -2.19. The number of nitrogens with zero attached hydrogens (tertiary/aromatic N) is 2. The van der Waals surface area contributed by atoms with Gasteiger partial charge in [-0.25, -0.2) is 9.59 Å². The van der Waals surface area contributed by atoms with Crippen molar-refractivity contribution in [1.29, 1.82) is 5.26 Å². The number of nitrogens with one attached hydrogen (secondary N) is 2. The second kappa shape index (κ2) is 6.16. The average molecular weight is 282 g/mol. The van der Waals surface area contributed by atoms with Crippen molar-refractivity contribution in [3.63, 3.8) is 0 Å². The number of benzene rings is 1. The zero-order chi connectivity index (χ0) is 15.2. The molecule has 7 heteroatoms. The molecule has 1 aromatic carbocycles. The van der Waals surface area contributed by atoms with Crippen molar-refractivity contribution in [2.45, 2.75) is 0 Å². The highest BCUT2D eigenvalue weighted by atomic mass is 16.4. The first-order valence-electron chi connectivity index (χ1n) is 5.85.